The van der Waals surface area contributed by atoms with Crippen molar-refractivity contribution in [2.45, 2.75) is 131 Å². The molecular weight excluding hydrogens is 704 g/mol. The third-order valence-electron chi connectivity index (χ3n) is 8.88. The molecule has 2 aromatic carbocycles. The van der Waals surface area contributed by atoms with Gasteiger partial charge in [-0.05, 0) is 64.3 Å². The van der Waals surface area contributed by atoms with E-state index in [2.05, 4.69) is 10.6 Å². The highest BCUT2D eigenvalue weighted by Crippen LogP contribution is 2.39. The number of rotatable bonds is 18. The Morgan fingerprint density at radius 3 is 1.65 bits per heavy atom. The van der Waals surface area contributed by atoms with Gasteiger partial charge in [-0.25, -0.2) is 0 Å². The molecule has 0 aliphatic carbocycles. The van der Waals surface area contributed by atoms with E-state index in [4.69, 9.17) is 14.2 Å². The smallest absolute Gasteiger partial charge is 0.306 e. The van der Waals surface area contributed by atoms with Crippen LogP contribution in [0, 0.1) is 0 Å². The van der Waals surface area contributed by atoms with Crippen molar-refractivity contribution in [3.63, 3.8) is 0 Å². The highest BCUT2D eigenvalue weighted by molar-refractivity contribution is 5.81. The number of hydrogen-bond acceptors (Lipinski definition) is 10. The summed E-state index contributed by atoms with van der Waals surface area (Å²) in [5.41, 5.74) is 4.07. The van der Waals surface area contributed by atoms with E-state index in [-0.39, 0.29) is 54.7 Å². The van der Waals surface area contributed by atoms with E-state index in [1.54, 1.807) is 13.0 Å². The Balaban J connectivity index is 1.93. The van der Waals surface area contributed by atoms with Gasteiger partial charge in [-0.15, -0.1) is 0 Å². The maximum Gasteiger partial charge on any atom is 0.306 e. The Bertz CT molecular complexity index is 1700. The lowest BCUT2D eigenvalue weighted by molar-refractivity contribution is -0.149. The standard InChI is InChI=1S/C43H62N2O10/c1-26(2)32-19-30(21-34(40(32)51)42(6,7)8)14-16-38(49)54-24-36(47)44-18-12-13-27(3)33-20-31(22-35(41(33)52)43(9,10)11)15-17-39(50)55-25-37(48)45-28(4)23-53-29(5)46/h12-13,19-22,26-28,51-52H,14-18,23-25H2,1-11H3,(H,44,47)(H,45,48)/b13-12+. The van der Waals surface area contributed by atoms with Gasteiger partial charge in [0.25, 0.3) is 11.8 Å². The SMILES string of the molecule is CC(=O)OCC(C)NC(=O)COC(=O)CCc1cc(C(C)/C=C/CNC(=O)COC(=O)CCc2cc(C(C)C)c(O)c(C(C)(C)C)c2)c(O)c(C(C)(C)C)c1. The van der Waals surface area contributed by atoms with Crippen LogP contribution in [0.1, 0.15) is 134 Å². The van der Waals surface area contributed by atoms with Crippen LogP contribution in [-0.4, -0.2) is 72.3 Å². The number of ether oxygens (including phenoxy) is 3. The first kappa shape index (κ1) is 46.3. The molecular formula is C43H62N2O10. The van der Waals surface area contributed by atoms with Crippen LogP contribution in [0.25, 0.3) is 0 Å². The maximum atomic E-state index is 12.5. The van der Waals surface area contributed by atoms with Crippen LogP contribution in [0.2, 0.25) is 0 Å². The lowest BCUT2D eigenvalue weighted by Gasteiger charge is -2.24. The molecule has 2 atom stereocenters. The summed E-state index contributed by atoms with van der Waals surface area (Å²) in [5.74, 6) is -2.18. The highest BCUT2D eigenvalue weighted by Gasteiger charge is 2.25. The molecule has 0 bridgehead atoms. The van der Waals surface area contributed by atoms with E-state index in [9.17, 15) is 34.2 Å². The number of phenols is 2. The molecule has 2 amide bonds. The minimum Gasteiger partial charge on any atom is -0.507 e. The summed E-state index contributed by atoms with van der Waals surface area (Å²) in [6.07, 6.45) is 4.44. The normalized spacial score (nSPS) is 12.9. The molecule has 2 unspecified atom stereocenters. The van der Waals surface area contributed by atoms with Crippen LogP contribution in [0.5, 0.6) is 11.5 Å². The van der Waals surface area contributed by atoms with Gasteiger partial charge in [0, 0.05) is 37.8 Å². The number of allylic oxidation sites excluding steroid dienone is 1. The average Bonchev–Trinajstić information content (AvgIpc) is 3.08. The zero-order valence-corrected chi connectivity index (χ0v) is 34.5. The van der Waals surface area contributed by atoms with Crippen molar-refractivity contribution < 1.29 is 48.4 Å². The summed E-state index contributed by atoms with van der Waals surface area (Å²) >= 11 is 0. The number of aryl methyl sites for hydroxylation is 2. The second-order valence-corrected chi connectivity index (χ2v) is 16.4. The molecule has 12 heteroatoms. The molecule has 12 nitrogen and oxygen atoms in total. The third-order valence-corrected chi connectivity index (χ3v) is 8.88. The Labute approximate surface area is 326 Å². The molecule has 0 fully saturated rings. The topological polar surface area (TPSA) is 178 Å². The second-order valence-electron chi connectivity index (χ2n) is 16.4. The zero-order chi connectivity index (χ0) is 41.7. The van der Waals surface area contributed by atoms with E-state index in [0.717, 1.165) is 22.3 Å². The molecule has 0 saturated heterocycles. The Morgan fingerprint density at radius 1 is 0.709 bits per heavy atom. The Kier molecular flexibility index (Phi) is 17.4. The lowest BCUT2D eigenvalue weighted by Crippen LogP contribution is -2.38. The summed E-state index contributed by atoms with van der Waals surface area (Å²) in [4.78, 5) is 60.5. The number of carbonyl (C=O) groups excluding carboxylic acids is 5. The van der Waals surface area contributed by atoms with Crippen molar-refractivity contribution in [3.05, 3.63) is 69.8 Å². The average molecular weight is 767 g/mol. The van der Waals surface area contributed by atoms with Crippen molar-refractivity contribution in [1.29, 1.82) is 0 Å². The van der Waals surface area contributed by atoms with Gasteiger partial charge in [-0.2, -0.15) is 0 Å². The predicted octanol–water partition coefficient (Wildman–Crippen LogP) is 6.31. The molecule has 0 heterocycles. The van der Waals surface area contributed by atoms with Crippen molar-refractivity contribution in [2.24, 2.45) is 0 Å². The summed E-state index contributed by atoms with van der Waals surface area (Å²) in [5, 5.41) is 27.3. The fourth-order valence-electron chi connectivity index (χ4n) is 5.79. The number of esters is 3. The predicted molar refractivity (Wildman–Crippen MR) is 211 cm³/mol. The van der Waals surface area contributed by atoms with Crippen LogP contribution in [0.3, 0.4) is 0 Å². The van der Waals surface area contributed by atoms with Gasteiger partial charge in [-0.1, -0.05) is 98.7 Å². The van der Waals surface area contributed by atoms with E-state index in [1.807, 2.05) is 92.7 Å². The number of phenolic OH excluding ortho intramolecular Hbond substituents is 2. The quantitative estimate of drug-likeness (QED) is 0.0764. The largest absolute Gasteiger partial charge is 0.507 e. The van der Waals surface area contributed by atoms with Crippen LogP contribution in [-0.2, 0) is 61.9 Å². The number of benzene rings is 2. The van der Waals surface area contributed by atoms with E-state index < -0.39 is 54.4 Å². The van der Waals surface area contributed by atoms with Crippen LogP contribution in [0.4, 0.5) is 0 Å². The van der Waals surface area contributed by atoms with Gasteiger partial charge in [0.1, 0.15) is 18.1 Å². The monoisotopic (exact) mass is 766 g/mol. The number of carbonyl (C=O) groups is 5. The van der Waals surface area contributed by atoms with Crippen molar-refractivity contribution >= 4 is 29.7 Å². The zero-order valence-electron chi connectivity index (χ0n) is 34.5. The Hall–Kier alpha value is -4.87. The molecule has 0 aliphatic heterocycles. The maximum absolute atomic E-state index is 12.5. The van der Waals surface area contributed by atoms with Gasteiger partial charge in [0.05, 0.1) is 6.04 Å². The number of amides is 2. The molecule has 2 aromatic rings. The summed E-state index contributed by atoms with van der Waals surface area (Å²) in [6.45, 7) is 20.2. The first-order valence-corrected chi connectivity index (χ1v) is 18.9. The molecule has 2 rings (SSSR count). The summed E-state index contributed by atoms with van der Waals surface area (Å²) in [6, 6.07) is 7.11. The fraction of sp³-hybridized carbons (Fsp3) is 0.558. The van der Waals surface area contributed by atoms with Crippen LogP contribution < -0.4 is 10.6 Å². The fourth-order valence-corrected chi connectivity index (χ4v) is 5.79. The summed E-state index contributed by atoms with van der Waals surface area (Å²) in [7, 11) is 0. The number of aromatic hydroxyl groups is 2. The van der Waals surface area contributed by atoms with Gasteiger partial charge < -0.3 is 35.1 Å². The van der Waals surface area contributed by atoms with Gasteiger partial charge in [0.15, 0.2) is 13.2 Å². The van der Waals surface area contributed by atoms with Crippen molar-refractivity contribution in [1.82, 2.24) is 10.6 Å². The van der Waals surface area contributed by atoms with Gasteiger partial charge >= 0.3 is 17.9 Å². The minimum atomic E-state index is -0.559. The van der Waals surface area contributed by atoms with Crippen molar-refractivity contribution in [3.8, 4) is 11.5 Å². The van der Waals surface area contributed by atoms with E-state index in [1.165, 1.54) is 6.92 Å². The van der Waals surface area contributed by atoms with E-state index >= 15 is 0 Å². The molecule has 0 radical (unpaired) electrons. The van der Waals surface area contributed by atoms with E-state index in [0.29, 0.717) is 24.0 Å². The Morgan fingerprint density at radius 2 is 1.18 bits per heavy atom. The second kappa shape index (κ2) is 20.7. The van der Waals surface area contributed by atoms with Crippen molar-refractivity contribution in [2.75, 3.05) is 26.4 Å². The van der Waals surface area contributed by atoms with Gasteiger partial charge in [0.2, 0.25) is 0 Å². The molecule has 304 valence electrons. The number of hydrogen-bond donors (Lipinski definition) is 4. The highest BCUT2D eigenvalue weighted by atomic mass is 16.5. The van der Waals surface area contributed by atoms with Gasteiger partial charge in [-0.3, -0.25) is 24.0 Å². The molecule has 55 heavy (non-hydrogen) atoms. The minimum absolute atomic E-state index is 0.0105. The summed E-state index contributed by atoms with van der Waals surface area (Å²) < 4.78 is 15.2. The number of nitrogens with one attached hydrogen (secondary N) is 2. The molecule has 4 N–H and O–H groups in total. The lowest BCUT2D eigenvalue weighted by atomic mass is 9.81. The first-order chi connectivity index (χ1) is 25.5. The molecule has 0 saturated carbocycles. The molecule has 0 spiro atoms. The molecule has 0 aromatic heterocycles. The van der Waals surface area contributed by atoms with Crippen LogP contribution in [0.15, 0.2) is 36.4 Å². The van der Waals surface area contributed by atoms with Crippen LogP contribution >= 0.6 is 0 Å². The third kappa shape index (κ3) is 15.8. The molecule has 0 aliphatic rings. The first-order valence-electron chi connectivity index (χ1n) is 18.9.